The van der Waals surface area contributed by atoms with Gasteiger partial charge in [0.15, 0.2) is 6.61 Å². The number of thiophene rings is 1. The Hall–Kier alpha value is -2.34. The highest BCUT2D eigenvalue weighted by Crippen LogP contribution is 2.12. The molecule has 0 saturated carbocycles. The molecule has 0 aliphatic heterocycles. The van der Waals surface area contributed by atoms with Gasteiger partial charge in [0.25, 0.3) is 5.91 Å². The first-order chi connectivity index (χ1) is 11.0. The lowest BCUT2D eigenvalue weighted by molar-refractivity contribution is -0.147. The second-order valence-electron chi connectivity index (χ2n) is 5.25. The Kier molecular flexibility index (Phi) is 6.17. The molecule has 1 amide bonds. The van der Waals surface area contributed by atoms with Crippen LogP contribution in [0.3, 0.4) is 0 Å². The summed E-state index contributed by atoms with van der Waals surface area (Å²) in [6, 6.07) is 11.6. The first-order valence-corrected chi connectivity index (χ1v) is 8.13. The van der Waals surface area contributed by atoms with E-state index in [-0.39, 0.29) is 18.9 Å². The fourth-order valence-corrected chi connectivity index (χ4v) is 2.61. The third-order valence-corrected chi connectivity index (χ3v) is 4.08. The minimum absolute atomic E-state index is 0.205. The van der Waals surface area contributed by atoms with E-state index in [1.54, 1.807) is 0 Å². The van der Waals surface area contributed by atoms with Gasteiger partial charge in [-0.15, -0.1) is 11.3 Å². The highest BCUT2D eigenvalue weighted by Gasteiger charge is 2.09. The maximum atomic E-state index is 11.7. The first-order valence-electron chi connectivity index (χ1n) is 7.25. The number of amides is 1. The molecule has 0 unspecified atom stereocenters. The molecule has 0 saturated heterocycles. The molecule has 0 spiro atoms. The second-order valence-corrected chi connectivity index (χ2v) is 6.29. The summed E-state index contributed by atoms with van der Waals surface area (Å²) in [6.45, 7) is 0.162. The molecule has 122 valence electrons. The molecular weight excluding hydrogens is 312 g/mol. The zero-order valence-electron chi connectivity index (χ0n) is 13.2. The molecule has 1 N–H and O–H groups in total. The maximum absolute atomic E-state index is 11.7. The van der Waals surface area contributed by atoms with Crippen molar-refractivity contribution in [3.05, 3.63) is 52.2 Å². The first kappa shape index (κ1) is 17.0. The molecule has 1 aromatic carbocycles. The quantitative estimate of drug-likeness (QED) is 0.790. The van der Waals surface area contributed by atoms with Gasteiger partial charge in [0.1, 0.15) is 0 Å². The summed E-state index contributed by atoms with van der Waals surface area (Å²) in [7, 11) is 3.95. The van der Waals surface area contributed by atoms with Crippen LogP contribution < -0.4 is 10.2 Å². The standard InChI is InChI=1S/C17H20N2O3S/c1-19(2)14-7-5-13(6-8-14)11-18-16(20)12-22-17(21)10-15-4-3-9-23-15/h3-9H,10-12H2,1-2H3,(H,18,20). The monoisotopic (exact) mass is 332 g/mol. The number of benzene rings is 1. The Morgan fingerprint density at radius 1 is 1.17 bits per heavy atom. The predicted octanol–water partition coefficient (Wildman–Crippen LogP) is 2.22. The number of carbonyl (C=O) groups excluding carboxylic acids is 2. The number of esters is 1. The van der Waals surface area contributed by atoms with Crippen molar-refractivity contribution in [3.8, 4) is 0 Å². The van der Waals surface area contributed by atoms with E-state index in [0.717, 1.165) is 16.1 Å². The van der Waals surface area contributed by atoms with Crippen LogP contribution in [0.2, 0.25) is 0 Å². The summed E-state index contributed by atoms with van der Waals surface area (Å²) in [5.41, 5.74) is 2.09. The minimum atomic E-state index is -0.391. The summed E-state index contributed by atoms with van der Waals surface area (Å²) in [5.74, 6) is -0.695. The second kappa shape index (κ2) is 8.33. The number of rotatable bonds is 7. The minimum Gasteiger partial charge on any atom is -0.455 e. The maximum Gasteiger partial charge on any atom is 0.311 e. The van der Waals surface area contributed by atoms with Crippen LogP contribution in [0.5, 0.6) is 0 Å². The highest BCUT2D eigenvalue weighted by molar-refractivity contribution is 7.10. The van der Waals surface area contributed by atoms with Gasteiger partial charge in [0.2, 0.25) is 0 Å². The van der Waals surface area contributed by atoms with E-state index < -0.39 is 5.97 Å². The molecule has 0 fully saturated rings. The van der Waals surface area contributed by atoms with E-state index in [1.165, 1.54) is 11.3 Å². The average Bonchev–Trinajstić information content (AvgIpc) is 3.04. The van der Waals surface area contributed by atoms with E-state index in [4.69, 9.17) is 4.74 Å². The van der Waals surface area contributed by atoms with E-state index in [9.17, 15) is 9.59 Å². The molecule has 0 aliphatic rings. The van der Waals surface area contributed by atoms with Gasteiger partial charge in [-0.25, -0.2) is 0 Å². The highest BCUT2D eigenvalue weighted by atomic mass is 32.1. The topological polar surface area (TPSA) is 58.6 Å². The zero-order valence-corrected chi connectivity index (χ0v) is 14.1. The molecule has 5 nitrogen and oxygen atoms in total. The number of hydrogen-bond donors (Lipinski definition) is 1. The Balaban J connectivity index is 1.69. The Morgan fingerprint density at radius 2 is 1.91 bits per heavy atom. The zero-order chi connectivity index (χ0) is 16.7. The number of hydrogen-bond acceptors (Lipinski definition) is 5. The van der Waals surface area contributed by atoms with Gasteiger partial charge < -0.3 is 15.0 Å². The van der Waals surface area contributed by atoms with Gasteiger partial charge in [-0.3, -0.25) is 9.59 Å². The summed E-state index contributed by atoms with van der Waals surface area (Å²) in [5, 5.41) is 4.63. The van der Waals surface area contributed by atoms with Crippen LogP contribution in [0.4, 0.5) is 5.69 Å². The fraction of sp³-hybridized carbons (Fsp3) is 0.294. The predicted molar refractivity (Wildman–Crippen MR) is 91.6 cm³/mol. The number of nitrogens with one attached hydrogen (secondary N) is 1. The van der Waals surface area contributed by atoms with Crippen molar-refractivity contribution >= 4 is 28.9 Å². The normalized spacial score (nSPS) is 10.2. The van der Waals surface area contributed by atoms with E-state index in [1.807, 2.05) is 60.8 Å². The van der Waals surface area contributed by atoms with Crippen LogP contribution in [-0.4, -0.2) is 32.6 Å². The summed E-state index contributed by atoms with van der Waals surface area (Å²) < 4.78 is 4.97. The Labute approximate surface area is 139 Å². The van der Waals surface area contributed by atoms with Crippen LogP contribution in [0.25, 0.3) is 0 Å². The van der Waals surface area contributed by atoms with Crippen molar-refractivity contribution in [2.24, 2.45) is 0 Å². The van der Waals surface area contributed by atoms with Crippen LogP contribution in [-0.2, 0) is 27.3 Å². The van der Waals surface area contributed by atoms with Crippen LogP contribution in [0, 0.1) is 0 Å². The van der Waals surface area contributed by atoms with Crippen molar-refractivity contribution in [2.45, 2.75) is 13.0 Å². The number of nitrogens with zero attached hydrogens (tertiary/aromatic N) is 1. The largest absolute Gasteiger partial charge is 0.455 e. The van der Waals surface area contributed by atoms with Gasteiger partial charge in [0, 0.05) is 31.2 Å². The third kappa shape index (κ3) is 5.75. The van der Waals surface area contributed by atoms with Gasteiger partial charge >= 0.3 is 5.97 Å². The molecule has 6 heteroatoms. The molecule has 1 heterocycles. The van der Waals surface area contributed by atoms with Crippen LogP contribution in [0.15, 0.2) is 41.8 Å². The fourth-order valence-electron chi connectivity index (χ4n) is 1.92. The van der Waals surface area contributed by atoms with E-state index >= 15 is 0 Å². The van der Waals surface area contributed by atoms with Crippen LogP contribution >= 0.6 is 11.3 Å². The molecule has 23 heavy (non-hydrogen) atoms. The molecule has 2 rings (SSSR count). The molecule has 0 bridgehead atoms. The summed E-state index contributed by atoms with van der Waals surface area (Å²) in [6.07, 6.45) is 0.205. The van der Waals surface area contributed by atoms with Crippen molar-refractivity contribution in [1.29, 1.82) is 0 Å². The average molecular weight is 332 g/mol. The molecule has 0 aliphatic carbocycles. The van der Waals surface area contributed by atoms with E-state index in [0.29, 0.717) is 6.54 Å². The molecule has 2 aromatic rings. The van der Waals surface area contributed by atoms with Gasteiger partial charge in [-0.1, -0.05) is 18.2 Å². The summed E-state index contributed by atoms with van der Waals surface area (Å²) in [4.78, 5) is 26.2. The number of carbonyl (C=O) groups is 2. The Bertz CT molecular complexity index is 636. The number of ether oxygens (including phenoxy) is 1. The van der Waals surface area contributed by atoms with Crippen molar-refractivity contribution in [2.75, 3.05) is 25.6 Å². The van der Waals surface area contributed by atoms with Gasteiger partial charge in [-0.2, -0.15) is 0 Å². The van der Waals surface area contributed by atoms with Gasteiger partial charge in [-0.05, 0) is 29.1 Å². The van der Waals surface area contributed by atoms with Crippen molar-refractivity contribution < 1.29 is 14.3 Å². The molecular formula is C17H20N2O3S. The lowest BCUT2D eigenvalue weighted by atomic mass is 10.2. The van der Waals surface area contributed by atoms with Crippen molar-refractivity contribution in [3.63, 3.8) is 0 Å². The lowest BCUT2D eigenvalue weighted by Crippen LogP contribution is -2.28. The molecule has 0 radical (unpaired) electrons. The van der Waals surface area contributed by atoms with Crippen molar-refractivity contribution in [1.82, 2.24) is 5.32 Å². The van der Waals surface area contributed by atoms with Crippen LogP contribution in [0.1, 0.15) is 10.4 Å². The number of anilines is 1. The molecule has 0 atom stereocenters. The smallest absolute Gasteiger partial charge is 0.311 e. The Morgan fingerprint density at radius 3 is 2.52 bits per heavy atom. The lowest BCUT2D eigenvalue weighted by Gasteiger charge is -2.13. The van der Waals surface area contributed by atoms with E-state index in [2.05, 4.69) is 5.32 Å². The third-order valence-electron chi connectivity index (χ3n) is 3.21. The summed E-state index contributed by atoms with van der Waals surface area (Å²) >= 11 is 1.49. The SMILES string of the molecule is CN(C)c1ccc(CNC(=O)COC(=O)Cc2cccs2)cc1. The van der Waals surface area contributed by atoms with Gasteiger partial charge in [0.05, 0.1) is 6.42 Å². The molecule has 1 aromatic heterocycles.